The SMILES string of the molecule is CC(C)OC(=O)Nc1cnc2[nH]cc(C3CCN(OC(=O)C(C)(C)C)CC3)c2c1. The second kappa shape index (κ2) is 8.41. The highest BCUT2D eigenvalue weighted by Crippen LogP contribution is 2.34. The number of H-pyrrole nitrogens is 1. The average molecular weight is 402 g/mol. The van der Waals surface area contributed by atoms with Crippen molar-refractivity contribution in [2.45, 2.75) is 59.5 Å². The lowest BCUT2D eigenvalue weighted by Crippen LogP contribution is -2.38. The number of anilines is 1. The highest BCUT2D eigenvalue weighted by Gasteiger charge is 2.29. The molecule has 1 aliphatic heterocycles. The number of rotatable bonds is 4. The molecule has 3 rings (SSSR count). The smallest absolute Gasteiger partial charge is 0.411 e. The van der Waals surface area contributed by atoms with E-state index in [4.69, 9.17) is 9.57 Å². The number of hydrogen-bond donors (Lipinski definition) is 2. The van der Waals surface area contributed by atoms with Crippen LogP contribution in [0.3, 0.4) is 0 Å². The molecule has 8 nitrogen and oxygen atoms in total. The van der Waals surface area contributed by atoms with Crippen LogP contribution in [0.5, 0.6) is 0 Å². The Morgan fingerprint density at radius 1 is 1.28 bits per heavy atom. The number of carbonyl (C=O) groups excluding carboxylic acids is 2. The number of aromatic nitrogens is 2. The van der Waals surface area contributed by atoms with Crippen LogP contribution in [-0.2, 0) is 14.4 Å². The minimum Gasteiger partial charge on any atom is -0.447 e. The van der Waals surface area contributed by atoms with E-state index in [9.17, 15) is 9.59 Å². The third-order valence-electron chi connectivity index (χ3n) is 4.87. The second-order valence-electron chi connectivity index (χ2n) is 8.78. The van der Waals surface area contributed by atoms with Gasteiger partial charge < -0.3 is 14.6 Å². The fourth-order valence-corrected chi connectivity index (χ4v) is 3.30. The second-order valence-corrected chi connectivity index (χ2v) is 8.78. The molecule has 1 fully saturated rings. The topological polar surface area (TPSA) is 96.5 Å². The van der Waals surface area contributed by atoms with Gasteiger partial charge in [-0.25, -0.2) is 14.6 Å². The molecular formula is C21H30N4O4. The van der Waals surface area contributed by atoms with Crippen LogP contribution in [0.4, 0.5) is 10.5 Å². The fourth-order valence-electron chi connectivity index (χ4n) is 3.30. The molecule has 1 amide bonds. The van der Waals surface area contributed by atoms with Crippen molar-refractivity contribution < 1.29 is 19.2 Å². The van der Waals surface area contributed by atoms with Crippen LogP contribution in [0.15, 0.2) is 18.5 Å². The van der Waals surface area contributed by atoms with E-state index < -0.39 is 11.5 Å². The van der Waals surface area contributed by atoms with Crippen LogP contribution in [0.1, 0.15) is 58.9 Å². The van der Waals surface area contributed by atoms with E-state index in [2.05, 4.69) is 15.3 Å². The number of nitrogens with one attached hydrogen (secondary N) is 2. The van der Waals surface area contributed by atoms with Crippen LogP contribution in [0.2, 0.25) is 0 Å². The Kier molecular flexibility index (Phi) is 6.12. The number of hydroxylamine groups is 2. The van der Waals surface area contributed by atoms with Gasteiger partial charge in [-0.05, 0) is 65.0 Å². The third kappa shape index (κ3) is 5.26. The van der Waals surface area contributed by atoms with E-state index in [1.807, 2.05) is 33.0 Å². The summed E-state index contributed by atoms with van der Waals surface area (Å²) in [7, 11) is 0. The molecule has 0 atom stereocenters. The minimum atomic E-state index is -0.514. The molecule has 0 aromatic carbocycles. The number of ether oxygens (including phenoxy) is 1. The number of amides is 1. The lowest BCUT2D eigenvalue weighted by molar-refractivity contribution is -0.204. The summed E-state index contributed by atoms with van der Waals surface area (Å²) < 4.78 is 5.13. The first kappa shape index (κ1) is 21.1. The summed E-state index contributed by atoms with van der Waals surface area (Å²) in [6.45, 7) is 10.5. The third-order valence-corrected chi connectivity index (χ3v) is 4.87. The maximum absolute atomic E-state index is 12.1. The largest absolute Gasteiger partial charge is 0.447 e. The summed E-state index contributed by atoms with van der Waals surface area (Å²) in [6.07, 6.45) is 4.66. The van der Waals surface area contributed by atoms with Gasteiger partial charge in [-0.15, -0.1) is 5.06 Å². The number of nitrogens with zero attached hydrogens (tertiary/aromatic N) is 2. The Bertz CT molecular complexity index is 876. The number of piperidine rings is 1. The predicted molar refractivity (Wildman–Crippen MR) is 110 cm³/mol. The van der Waals surface area contributed by atoms with Crippen molar-refractivity contribution >= 4 is 28.8 Å². The van der Waals surface area contributed by atoms with Crippen LogP contribution in [-0.4, -0.2) is 46.3 Å². The Morgan fingerprint density at radius 2 is 1.97 bits per heavy atom. The van der Waals surface area contributed by atoms with Crippen LogP contribution >= 0.6 is 0 Å². The summed E-state index contributed by atoms with van der Waals surface area (Å²) in [5.41, 5.74) is 2.03. The zero-order valence-corrected chi connectivity index (χ0v) is 17.7. The first-order valence-corrected chi connectivity index (χ1v) is 10.1. The van der Waals surface area contributed by atoms with Gasteiger partial charge in [0.05, 0.1) is 23.4 Å². The van der Waals surface area contributed by atoms with E-state index in [1.165, 1.54) is 0 Å². The van der Waals surface area contributed by atoms with E-state index in [-0.39, 0.29) is 12.1 Å². The molecule has 2 aromatic heterocycles. The van der Waals surface area contributed by atoms with Gasteiger partial charge in [0, 0.05) is 24.7 Å². The van der Waals surface area contributed by atoms with Crippen molar-refractivity contribution in [3.05, 3.63) is 24.0 Å². The Labute approximate surface area is 170 Å². The van der Waals surface area contributed by atoms with Crippen LogP contribution in [0, 0.1) is 5.41 Å². The predicted octanol–water partition coefficient (Wildman–Crippen LogP) is 4.20. The maximum atomic E-state index is 12.1. The molecule has 0 spiro atoms. The first-order chi connectivity index (χ1) is 13.6. The zero-order chi connectivity index (χ0) is 21.2. The van der Waals surface area contributed by atoms with Gasteiger partial charge in [-0.3, -0.25) is 5.32 Å². The molecule has 8 heteroatoms. The standard InChI is InChI=1S/C21H30N4O4/c1-13(2)28-20(27)24-15-10-16-17(12-23-18(16)22-11-15)14-6-8-25(9-7-14)29-19(26)21(3,4)5/h10-14H,6-9H2,1-5H3,(H,22,23)(H,24,27). The number of pyridine rings is 1. The van der Waals surface area contributed by atoms with Gasteiger partial charge in [0.15, 0.2) is 0 Å². The molecule has 1 saturated heterocycles. The first-order valence-electron chi connectivity index (χ1n) is 10.1. The Morgan fingerprint density at radius 3 is 2.59 bits per heavy atom. The summed E-state index contributed by atoms with van der Waals surface area (Å²) in [5, 5.41) is 5.46. The quantitative estimate of drug-likeness (QED) is 0.795. The molecule has 1 aliphatic rings. The van der Waals surface area contributed by atoms with E-state index >= 15 is 0 Å². The molecule has 0 bridgehead atoms. The molecule has 0 radical (unpaired) electrons. The maximum Gasteiger partial charge on any atom is 0.411 e. The summed E-state index contributed by atoms with van der Waals surface area (Å²) in [5.74, 6) is 0.115. The van der Waals surface area contributed by atoms with Crippen molar-refractivity contribution in [3.63, 3.8) is 0 Å². The molecule has 2 aromatic rings. The lowest BCUT2D eigenvalue weighted by atomic mass is 9.90. The Balaban J connectivity index is 1.67. The van der Waals surface area contributed by atoms with Crippen molar-refractivity contribution in [3.8, 4) is 0 Å². The van der Waals surface area contributed by atoms with Crippen LogP contribution in [0.25, 0.3) is 11.0 Å². The van der Waals surface area contributed by atoms with Gasteiger partial charge in [-0.1, -0.05) is 0 Å². The molecule has 2 N–H and O–H groups in total. The summed E-state index contributed by atoms with van der Waals surface area (Å²) >= 11 is 0. The molecule has 29 heavy (non-hydrogen) atoms. The molecule has 0 saturated carbocycles. The van der Waals surface area contributed by atoms with E-state index in [0.29, 0.717) is 24.7 Å². The normalized spacial score (nSPS) is 16.2. The van der Waals surface area contributed by atoms with Crippen molar-refractivity contribution in [1.29, 1.82) is 0 Å². The summed E-state index contributed by atoms with van der Waals surface area (Å²) in [6, 6.07) is 1.92. The lowest BCUT2D eigenvalue weighted by Gasteiger charge is -2.32. The number of aromatic amines is 1. The Hall–Kier alpha value is -2.61. The van der Waals surface area contributed by atoms with Gasteiger partial charge in [0.1, 0.15) is 5.65 Å². The van der Waals surface area contributed by atoms with Gasteiger partial charge in [0.2, 0.25) is 0 Å². The van der Waals surface area contributed by atoms with Gasteiger partial charge >= 0.3 is 12.1 Å². The molecule has 0 unspecified atom stereocenters. The molecule has 3 heterocycles. The summed E-state index contributed by atoms with van der Waals surface area (Å²) in [4.78, 5) is 37.1. The number of carbonyl (C=O) groups is 2. The number of hydrogen-bond acceptors (Lipinski definition) is 6. The molecule has 158 valence electrons. The van der Waals surface area contributed by atoms with E-state index in [1.54, 1.807) is 25.1 Å². The van der Waals surface area contributed by atoms with Gasteiger partial charge in [-0.2, -0.15) is 0 Å². The van der Waals surface area contributed by atoms with Crippen molar-refractivity contribution in [2.24, 2.45) is 5.41 Å². The monoisotopic (exact) mass is 402 g/mol. The number of fused-ring (bicyclic) bond motifs is 1. The fraction of sp³-hybridized carbons (Fsp3) is 0.571. The van der Waals surface area contributed by atoms with Crippen molar-refractivity contribution in [1.82, 2.24) is 15.0 Å². The van der Waals surface area contributed by atoms with Crippen LogP contribution < -0.4 is 5.32 Å². The molecule has 0 aliphatic carbocycles. The zero-order valence-electron chi connectivity index (χ0n) is 17.7. The average Bonchev–Trinajstić information content (AvgIpc) is 3.04. The highest BCUT2D eigenvalue weighted by molar-refractivity contribution is 5.89. The van der Waals surface area contributed by atoms with E-state index in [0.717, 1.165) is 29.4 Å². The molecular weight excluding hydrogens is 372 g/mol. The highest BCUT2D eigenvalue weighted by atomic mass is 16.7. The minimum absolute atomic E-state index is 0.188. The van der Waals surface area contributed by atoms with Crippen molar-refractivity contribution in [2.75, 3.05) is 18.4 Å². The van der Waals surface area contributed by atoms with Gasteiger partial charge in [0.25, 0.3) is 0 Å².